The van der Waals surface area contributed by atoms with E-state index in [9.17, 15) is 9.59 Å². The Morgan fingerprint density at radius 1 is 1.14 bits per heavy atom. The Labute approximate surface area is 167 Å². The number of likely N-dealkylation sites (tertiary alicyclic amines) is 1. The molecular weight excluding hydrogens is 348 g/mol. The van der Waals surface area contributed by atoms with Crippen LogP contribution in [0, 0.1) is 5.92 Å². The Kier molecular flexibility index (Phi) is 6.85. The summed E-state index contributed by atoms with van der Waals surface area (Å²) in [6, 6.07) is 14.4. The summed E-state index contributed by atoms with van der Waals surface area (Å²) in [6.07, 6.45) is 7.30. The minimum Gasteiger partial charge on any atom is -0.356 e. The summed E-state index contributed by atoms with van der Waals surface area (Å²) in [7, 11) is 0. The van der Waals surface area contributed by atoms with E-state index in [2.05, 4.69) is 37.4 Å². The second-order valence-electron chi connectivity index (χ2n) is 7.66. The first-order valence-electron chi connectivity index (χ1n) is 10.3. The predicted octanol–water partition coefficient (Wildman–Crippen LogP) is 4.40. The van der Waals surface area contributed by atoms with Crippen LogP contribution in [0.25, 0.3) is 16.8 Å². The number of fused-ring (bicyclic) bond motifs is 1. The van der Waals surface area contributed by atoms with E-state index in [-0.39, 0.29) is 23.8 Å². The monoisotopic (exact) mass is 378 g/mol. The van der Waals surface area contributed by atoms with Gasteiger partial charge in [0, 0.05) is 25.2 Å². The lowest BCUT2D eigenvalue weighted by molar-refractivity contribution is -0.134. The number of carbonyl (C=O) groups is 2. The lowest BCUT2D eigenvalue weighted by Gasteiger charge is -2.36. The van der Waals surface area contributed by atoms with E-state index in [1.54, 1.807) is 6.08 Å². The molecule has 0 spiro atoms. The Balaban J connectivity index is 1.68. The van der Waals surface area contributed by atoms with Gasteiger partial charge in [-0.2, -0.15) is 0 Å². The highest BCUT2D eigenvalue weighted by Crippen LogP contribution is 2.24. The second kappa shape index (κ2) is 9.54. The number of hydrogen-bond donors (Lipinski definition) is 1. The van der Waals surface area contributed by atoms with Crippen molar-refractivity contribution in [1.82, 2.24) is 10.2 Å². The van der Waals surface area contributed by atoms with Crippen LogP contribution in [-0.2, 0) is 9.59 Å². The molecule has 1 aliphatic heterocycles. The highest BCUT2D eigenvalue weighted by atomic mass is 16.2. The van der Waals surface area contributed by atoms with Gasteiger partial charge in [-0.1, -0.05) is 55.8 Å². The highest BCUT2D eigenvalue weighted by Gasteiger charge is 2.31. The molecule has 1 aliphatic rings. The fourth-order valence-electron chi connectivity index (χ4n) is 3.81. The van der Waals surface area contributed by atoms with E-state index in [0.29, 0.717) is 6.54 Å². The molecule has 1 fully saturated rings. The summed E-state index contributed by atoms with van der Waals surface area (Å²) in [6.45, 7) is 5.39. The van der Waals surface area contributed by atoms with E-state index < -0.39 is 0 Å². The molecule has 2 amide bonds. The fourth-order valence-corrected chi connectivity index (χ4v) is 3.81. The lowest BCUT2D eigenvalue weighted by atomic mass is 9.92. The van der Waals surface area contributed by atoms with Gasteiger partial charge in [0.1, 0.15) is 0 Å². The van der Waals surface area contributed by atoms with Gasteiger partial charge in [-0.3, -0.25) is 9.59 Å². The molecule has 3 rings (SSSR count). The summed E-state index contributed by atoms with van der Waals surface area (Å²) < 4.78 is 0. The zero-order chi connectivity index (χ0) is 19.9. The van der Waals surface area contributed by atoms with Crippen LogP contribution in [0.5, 0.6) is 0 Å². The molecule has 1 saturated heterocycles. The van der Waals surface area contributed by atoms with Crippen molar-refractivity contribution in [1.29, 1.82) is 0 Å². The molecule has 2 aromatic rings. The summed E-state index contributed by atoms with van der Waals surface area (Å²) in [4.78, 5) is 27.1. The van der Waals surface area contributed by atoms with Gasteiger partial charge in [-0.25, -0.2) is 0 Å². The van der Waals surface area contributed by atoms with Gasteiger partial charge in [0.25, 0.3) is 0 Å². The van der Waals surface area contributed by atoms with Crippen molar-refractivity contribution >= 4 is 28.7 Å². The molecule has 0 aromatic heterocycles. The Morgan fingerprint density at radius 2 is 1.93 bits per heavy atom. The number of benzene rings is 2. The van der Waals surface area contributed by atoms with Crippen LogP contribution in [0.4, 0.5) is 0 Å². The Morgan fingerprint density at radius 3 is 2.75 bits per heavy atom. The average Bonchev–Trinajstić information content (AvgIpc) is 2.72. The van der Waals surface area contributed by atoms with E-state index in [0.717, 1.165) is 48.6 Å². The van der Waals surface area contributed by atoms with Crippen molar-refractivity contribution in [3.8, 4) is 0 Å². The fraction of sp³-hybridized carbons (Fsp3) is 0.417. The molecule has 0 bridgehead atoms. The molecule has 28 heavy (non-hydrogen) atoms. The van der Waals surface area contributed by atoms with Crippen LogP contribution in [0.1, 0.15) is 45.1 Å². The first-order valence-corrected chi connectivity index (χ1v) is 10.3. The number of nitrogens with one attached hydrogen (secondary N) is 1. The maximum atomic E-state index is 12.9. The van der Waals surface area contributed by atoms with Gasteiger partial charge in [0.05, 0.1) is 5.92 Å². The van der Waals surface area contributed by atoms with Crippen LogP contribution in [0.2, 0.25) is 0 Å². The summed E-state index contributed by atoms with van der Waals surface area (Å²) >= 11 is 0. The van der Waals surface area contributed by atoms with Crippen LogP contribution >= 0.6 is 0 Å². The van der Waals surface area contributed by atoms with Crippen molar-refractivity contribution in [3.05, 3.63) is 54.1 Å². The Bertz CT molecular complexity index is 853. The van der Waals surface area contributed by atoms with Crippen LogP contribution < -0.4 is 5.32 Å². The van der Waals surface area contributed by atoms with Crippen molar-refractivity contribution in [2.24, 2.45) is 5.92 Å². The lowest BCUT2D eigenvalue weighted by Crippen LogP contribution is -2.49. The first kappa shape index (κ1) is 20.1. The van der Waals surface area contributed by atoms with Crippen LogP contribution in [0.3, 0.4) is 0 Å². The number of piperidine rings is 1. The molecule has 4 heteroatoms. The van der Waals surface area contributed by atoms with Crippen LogP contribution in [0.15, 0.2) is 48.5 Å². The molecule has 0 aliphatic carbocycles. The van der Waals surface area contributed by atoms with Crippen molar-refractivity contribution in [2.45, 2.75) is 45.6 Å². The number of rotatable bonds is 6. The van der Waals surface area contributed by atoms with Crippen molar-refractivity contribution < 1.29 is 9.59 Å². The third-order valence-corrected chi connectivity index (χ3v) is 5.59. The van der Waals surface area contributed by atoms with Crippen molar-refractivity contribution in [3.63, 3.8) is 0 Å². The SMILES string of the molecule is CCCCNC(=O)C1CCC(C)N(C(=O)/C=C/c2cccc3ccccc23)C1. The van der Waals surface area contributed by atoms with Crippen LogP contribution in [-0.4, -0.2) is 35.8 Å². The van der Waals surface area contributed by atoms with E-state index in [1.165, 1.54) is 0 Å². The first-order chi connectivity index (χ1) is 13.6. The van der Waals surface area contributed by atoms with Gasteiger partial charge in [-0.15, -0.1) is 0 Å². The van der Waals surface area contributed by atoms with Gasteiger partial charge in [-0.05, 0) is 48.6 Å². The number of unbranched alkanes of at least 4 members (excludes halogenated alkanes) is 1. The number of amides is 2. The quantitative estimate of drug-likeness (QED) is 0.598. The normalized spacial score (nSPS) is 19.9. The molecule has 1 N–H and O–H groups in total. The van der Waals surface area contributed by atoms with Gasteiger partial charge in [0.15, 0.2) is 0 Å². The molecule has 0 radical (unpaired) electrons. The van der Waals surface area contributed by atoms with Gasteiger partial charge >= 0.3 is 0 Å². The topological polar surface area (TPSA) is 49.4 Å². The predicted molar refractivity (Wildman–Crippen MR) is 115 cm³/mol. The number of hydrogen-bond acceptors (Lipinski definition) is 2. The van der Waals surface area contributed by atoms with E-state index >= 15 is 0 Å². The van der Waals surface area contributed by atoms with Gasteiger partial charge in [0.2, 0.25) is 11.8 Å². The Hall–Kier alpha value is -2.62. The second-order valence-corrected chi connectivity index (χ2v) is 7.66. The molecule has 2 aromatic carbocycles. The zero-order valence-electron chi connectivity index (χ0n) is 16.9. The summed E-state index contributed by atoms with van der Waals surface area (Å²) in [5.74, 6) is -0.0503. The molecule has 1 heterocycles. The minimum atomic E-state index is -0.108. The molecule has 2 atom stereocenters. The third-order valence-electron chi connectivity index (χ3n) is 5.59. The molecule has 4 nitrogen and oxygen atoms in total. The minimum absolute atomic E-state index is 0.0218. The molecule has 0 saturated carbocycles. The maximum absolute atomic E-state index is 12.9. The molecule has 2 unspecified atom stereocenters. The smallest absolute Gasteiger partial charge is 0.246 e. The summed E-state index contributed by atoms with van der Waals surface area (Å²) in [5.41, 5.74) is 1.03. The largest absolute Gasteiger partial charge is 0.356 e. The van der Waals surface area contributed by atoms with Crippen molar-refractivity contribution in [2.75, 3.05) is 13.1 Å². The molecular formula is C24H30N2O2. The zero-order valence-corrected chi connectivity index (χ0v) is 16.9. The highest BCUT2D eigenvalue weighted by molar-refractivity contribution is 5.97. The number of nitrogens with zero attached hydrogens (tertiary/aromatic N) is 1. The van der Waals surface area contributed by atoms with E-state index in [1.807, 2.05) is 35.2 Å². The molecule has 148 valence electrons. The van der Waals surface area contributed by atoms with Gasteiger partial charge < -0.3 is 10.2 Å². The standard InChI is InChI=1S/C24H30N2O2/c1-3-4-16-25-24(28)21-13-12-18(2)26(17-21)23(27)15-14-20-10-7-9-19-8-5-6-11-22(19)20/h5-11,14-15,18,21H,3-4,12-13,16-17H2,1-2H3,(H,25,28)/b15-14+. The summed E-state index contributed by atoms with van der Waals surface area (Å²) in [5, 5.41) is 5.30. The third kappa shape index (κ3) is 4.80. The average molecular weight is 379 g/mol. The maximum Gasteiger partial charge on any atom is 0.246 e. The van der Waals surface area contributed by atoms with E-state index in [4.69, 9.17) is 0 Å². The number of carbonyl (C=O) groups excluding carboxylic acids is 2.